The average molecular weight is 380 g/mol. The van der Waals surface area contributed by atoms with Gasteiger partial charge in [0.2, 0.25) is 0 Å². The Balaban J connectivity index is 1.83. The summed E-state index contributed by atoms with van der Waals surface area (Å²) in [6.07, 6.45) is 1.39. The number of amides is 2. The topological polar surface area (TPSA) is 79.8 Å². The molecule has 0 unspecified atom stereocenters. The number of carbonyl (C=O) groups is 2. The van der Waals surface area contributed by atoms with Gasteiger partial charge in [-0.3, -0.25) is 9.59 Å². The molecule has 2 amide bonds. The summed E-state index contributed by atoms with van der Waals surface area (Å²) in [5, 5.41) is 7.20. The van der Waals surface area contributed by atoms with Gasteiger partial charge in [-0.05, 0) is 30.3 Å². The molecule has 25 heavy (non-hydrogen) atoms. The Bertz CT molecular complexity index is 809. The SMILES string of the molecule is COc1cccc(C(=O)NCC(=O)N/N=C/c2ccc(Cl)cc2Cl)c1. The summed E-state index contributed by atoms with van der Waals surface area (Å²) < 4.78 is 5.05. The van der Waals surface area contributed by atoms with Gasteiger partial charge in [-0.2, -0.15) is 5.10 Å². The van der Waals surface area contributed by atoms with Crippen molar-refractivity contribution in [3.8, 4) is 5.75 Å². The summed E-state index contributed by atoms with van der Waals surface area (Å²) in [6, 6.07) is 11.5. The fourth-order valence-electron chi connectivity index (χ4n) is 1.85. The fraction of sp³-hybridized carbons (Fsp3) is 0.118. The van der Waals surface area contributed by atoms with Crippen molar-refractivity contribution in [1.82, 2.24) is 10.7 Å². The number of hydrogen-bond acceptors (Lipinski definition) is 4. The number of benzene rings is 2. The van der Waals surface area contributed by atoms with Crippen LogP contribution in [-0.4, -0.2) is 31.7 Å². The Kier molecular flexibility index (Phi) is 6.80. The number of rotatable bonds is 6. The third kappa shape index (κ3) is 5.77. The summed E-state index contributed by atoms with van der Waals surface area (Å²) in [5.41, 5.74) is 3.30. The Morgan fingerprint density at radius 3 is 2.72 bits per heavy atom. The maximum absolute atomic E-state index is 12.0. The van der Waals surface area contributed by atoms with E-state index in [0.717, 1.165) is 0 Å². The van der Waals surface area contributed by atoms with Crippen molar-refractivity contribution in [3.63, 3.8) is 0 Å². The normalized spacial score (nSPS) is 10.5. The Morgan fingerprint density at radius 2 is 2.00 bits per heavy atom. The van der Waals surface area contributed by atoms with E-state index in [0.29, 0.717) is 26.9 Å². The highest BCUT2D eigenvalue weighted by Gasteiger charge is 2.08. The van der Waals surface area contributed by atoms with E-state index < -0.39 is 11.8 Å². The zero-order valence-corrected chi connectivity index (χ0v) is 14.8. The van der Waals surface area contributed by atoms with Gasteiger partial charge in [0.1, 0.15) is 5.75 Å². The molecule has 2 aromatic carbocycles. The molecule has 0 fully saturated rings. The fourth-order valence-corrected chi connectivity index (χ4v) is 2.30. The second-order valence-electron chi connectivity index (χ2n) is 4.87. The first kappa shape index (κ1) is 18.8. The van der Waals surface area contributed by atoms with E-state index in [4.69, 9.17) is 27.9 Å². The number of carbonyl (C=O) groups excluding carboxylic acids is 2. The van der Waals surface area contributed by atoms with Crippen LogP contribution in [-0.2, 0) is 4.79 Å². The lowest BCUT2D eigenvalue weighted by Gasteiger charge is -2.06. The van der Waals surface area contributed by atoms with Crippen molar-refractivity contribution in [3.05, 3.63) is 63.6 Å². The first-order valence-corrected chi connectivity index (χ1v) is 7.94. The maximum atomic E-state index is 12.0. The molecule has 0 aliphatic rings. The molecule has 6 nitrogen and oxygen atoms in total. The number of ether oxygens (including phenoxy) is 1. The van der Waals surface area contributed by atoms with Gasteiger partial charge in [0.15, 0.2) is 0 Å². The van der Waals surface area contributed by atoms with Crippen molar-refractivity contribution < 1.29 is 14.3 Å². The minimum atomic E-state index is -0.474. The van der Waals surface area contributed by atoms with E-state index in [1.54, 1.807) is 42.5 Å². The van der Waals surface area contributed by atoms with Crippen LogP contribution >= 0.6 is 23.2 Å². The van der Waals surface area contributed by atoms with Crippen molar-refractivity contribution in [2.75, 3.05) is 13.7 Å². The van der Waals surface area contributed by atoms with Crippen molar-refractivity contribution in [2.45, 2.75) is 0 Å². The zero-order chi connectivity index (χ0) is 18.2. The van der Waals surface area contributed by atoms with Crippen LogP contribution in [0.15, 0.2) is 47.6 Å². The number of nitrogens with zero attached hydrogens (tertiary/aromatic N) is 1. The second-order valence-corrected chi connectivity index (χ2v) is 5.72. The van der Waals surface area contributed by atoms with Crippen LogP contribution in [0.2, 0.25) is 10.0 Å². The highest BCUT2D eigenvalue weighted by atomic mass is 35.5. The van der Waals surface area contributed by atoms with Gasteiger partial charge in [0.25, 0.3) is 11.8 Å². The molecule has 8 heteroatoms. The molecule has 0 aliphatic heterocycles. The quantitative estimate of drug-likeness (QED) is 0.598. The Hall–Kier alpha value is -2.57. The summed E-state index contributed by atoms with van der Waals surface area (Å²) in [5.74, 6) is -0.307. The van der Waals surface area contributed by atoms with Gasteiger partial charge >= 0.3 is 0 Å². The highest BCUT2D eigenvalue weighted by Crippen LogP contribution is 2.19. The molecule has 0 heterocycles. The van der Waals surface area contributed by atoms with E-state index in [1.165, 1.54) is 13.3 Å². The molecule has 0 saturated carbocycles. The van der Waals surface area contributed by atoms with Crippen LogP contribution in [0, 0.1) is 0 Å². The lowest BCUT2D eigenvalue weighted by Crippen LogP contribution is -2.34. The van der Waals surface area contributed by atoms with Crippen molar-refractivity contribution >= 4 is 41.2 Å². The van der Waals surface area contributed by atoms with Crippen LogP contribution in [0.25, 0.3) is 0 Å². The largest absolute Gasteiger partial charge is 0.497 e. The molecule has 0 aliphatic carbocycles. The standard InChI is InChI=1S/C17H15Cl2N3O3/c1-25-14-4-2-3-11(7-14)17(24)20-10-16(23)22-21-9-12-5-6-13(18)8-15(12)19/h2-9H,10H2,1H3,(H,20,24)(H,22,23)/b21-9+. The van der Waals surface area contributed by atoms with E-state index in [1.807, 2.05) is 0 Å². The van der Waals surface area contributed by atoms with Gasteiger partial charge in [-0.1, -0.05) is 35.3 Å². The molecule has 0 atom stereocenters. The monoisotopic (exact) mass is 379 g/mol. The number of nitrogens with one attached hydrogen (secondary N) is 2. The van der Waals surface area contributed by atoms with Crippen molar-refractivity contribution in [1.29, 1.82) is 0 Å². The highest BCUT2D eigenvalue weighted by molar-refractivity contribution is 6.36. The molecule has 0 spiro atoms. The summed E-state index contributed by atoms with van der Waals surface area (Å²) in [6.45, 7) is -0.221. The van der Waals surface area contributed by atoms with Gasteiger partial charge in [-0.25, -0.2) is 5.43 Å². The number of methoxy groups -OCH3 is 1. The third-order valence-electron chi connectivity index (χ3n) is 3.10. The molecule has 130 valence electrons. The van der Waals surface area contributed by atoms with Crippen LogP contribution < -0.4 is 15.5 Å². The van der Waals surface area contributed by atoms with E-state index in [9.17, 15) is 9.59 Å². The number of hydrogen-bond donors (Lipinski definition) is 2. The summed E-state index contributed by atoms with van der Waals surface area (Å²) in [4.78, 5) is 23.7. The molecule has 2 N–H and O–H groups in total. The molecule has 0 aromatic heterocycles. The van der Waals surface area contributed by atoms with Crippen molar-refractivity contribution in [2.24, 2.45) is 5.10 Å². The predicted octanol–water partition coefficient (Wildman–Crippen LogP) is 2.88. The maximum Gasteiger partial charge on any atom is 0.259 e. The summed E-state index contributed by atoms with van der Waals surface area (Å²) in [7, 11) is 1.51. The molecule has 2 rings (SSSR count). The van der Waals surface area contributed by atoms with E-state index >= 15 is 0 Å². The molecular weight excluding hydrogens is 365 g/mol. The lowest BCUT2D eigenvalue weighted by atomic mass is 10.2. The van der Waals surface area contributed by atoms with E-state index in [-0.39, 0.29) is 6.54 Å². The number of halogens is 2. The second kappa shape index (κ2) is 9.05. The van der Waals surface area contributed by atoms with Gasteiger partial charge in [0, 0.05) is 16.1 Å². The Morgan fingerprint density at radius 1 is 1.20 bits per heavy atom. The third-order valence-corrected chi connectivity index (χ3v) is 3.66. The first-order chi connectivity index (χ1) is 12.0. The van der Waals surface area contributed by atoms with Crippen LogP contribution in [0.5, 0.6) is 5.75 Å². The molecule has 0 bridgehead atoms. The minimum Gasteiger partial charge on any atom is -0.497 e. The smallest absolute Gasteiger partial charge is 0.259 e. The zero-order valence-electron chi connectivity index (χ0n) is 13.3. The predicted molar refractivity (Wildman–Crippen MR) is 97.5 cm³/mol. The average Bonchev–Trinajstić information content (AvgIpc) is 2.61. The molecule has 0 saturated heterocycles. The lowest BCUT2D eigenvalue weighted by molar-refractivity contribution is -0.120. The molecular formula is C17H15Cl2N3O3. The molecule has 0 radical (unpaired) electrons. The minimum absolute atomic E-state index is 0.221. The summed E-state index contributed by atoms with van der Waals surface area (Å²) >= 11 is 11.8. The van der Waals surface area contributed by atoms with Crippen LogP contribution in [0.3, 0.4) is 0 Å². The van der Waals surface area contributed by atoms with Gasteiger partial charge in [0.05, 0.1) is 24.9 Å². The van der Waals surface area contributed by atoms with Crippen LogP contribution in [0.1, 0.15) is 15.9 Å². The Labute approximate surface area is 154 Å². The van der Waals surface area contributed by atoms with Gasteiger partial charge in [-0.15, -0.1) is 0 Å². The first-order valence-electron chi connectivity index (χ1n) is 7.19. The van der Waals surface area contributed by atoms with Gasteiger partial charge < -0.3 is 10.1 Å². The number of hydrazone groups is 1. The van der Waals surface area contributed by atoms with E-state index in [2.05, 4.69) is 15.8 Å². The van der Waals surface area contributed by atoms with Crippen LogP contribution in [0.4, 0.5) is 0 Å². The molecule has 2 aromatic rings.